The summed E-state index contributed by atoms with van der Waals surface area (Å²) in [6.07, 6.45) is 4.59. The maximum absolute atomic E-state index is 12.7. The molecule has 0 aliphatic carbocycles. The quantitative estimate of drug-likeness (QED) is 0.217. The summed E-state index contributed by atoms with van der Waals surface area (Å²) in [5, 5.41) is 12.5. The Balaban J connectivity index is 1.51. The number of nitrogens with zero attached hydrogens (tertiary/aromatic N) is 4. The van der Waals surface area contributed by atoms with Crippen LogP contribution in [-0.4, -0.2) is 52.1 Å². The SMILES string of the molecule is CCCNc1nc(SC)nc2c1cnn2CCNC(=O)c1cc2cccc(OC)c2oc1=O. The van der Waals surface area contributed by atoms with E-state index in [2.05, 4.69) is 32.6 Å². The number of benzene rings is 1. The minimum absolute atomic E-state index is 0.0703. The summed E-state index contributed by atoms with van der Waals surface area (Å²) in [5.41, 5.74) is 0.193. The van der Waals surface area contributed by atoms with Crippen molar-refractivity contribution in [1.29, 1.82) is 0 Å². The second-order valence-corrected chi connectivity index (χ2v) is 7.95. The number of para-hydroxylation sites is 1. The Morgan fingerprint density at radius 3 is 2.88 bits per heavy atom. The second-order valence-electron chi connectivity index (χ2n) is 7.17. The van der Waals surface area contributed by atoms with Gasteiger partial charge in [0.15, 0.2) is 22.1 Å². The van der Waals surface area contributed by atoms with Crippen LogP contribution in [0.3, 0.4) is 0 Å². The zero-order valence-corrected chi connectivity index (χ0v) is 19.4. The summed E-state index contributed by atoms with van der Waals surface area (Å²) in [6.45, 7) is 3.50. The summed E-state index contributed by atoms with van der Waals surface area (Å²) >= 11 is 1.45. The first-order chi connectivity index (χ1) is 16.0. The van der Waals surface area contributed by atoms with Crippen LogP contribution >= 0.6 is 11.8 Å². The molecule has 0 unspecified atom stereocenters. The average Bonchev–Trinajstić information content (AvgIpc) is 3.24. The van der Waals surface area contributed by atoms with Crippen molar-refractivity contribution in [3.8, 4) is 5.75 Å². The van der Waals surface area contributed by atoms with Gasteiger partial charge in [0.05, 0.1) is 25.2 Å². The number of aromatic nitrogens is 4. The van der Waals surface area contributed by atoms with Gasteiger partial charge in [0, 0.05) is 18.5 Å². The molecule has 3 aromatic heterocycles. The van der Waals surface area contributed by atoms with E-state index in [-0.39, 0.29) is 12.1 Å². The molecule has 0 saturated heterocycles. The Morgan fingerprint density at radius 2 is 2.12 bits per heavy atom. The van der Waals surface area contributed by atoms with E-state index in [0.29, 0.717) is 34.1 Å². The maximum atomic E-state index is 12.7. The Bertz CT molecular complexity index is 1370. The highest BCUT2D eigenvalue weighted by Crippen LogP contribution is 2.25. The highest BCUT2D eigenvalue weighted by atomic mass is 32.2. The molecular weight excluding hydrogens is 444 g/mol. The van der Waals surface area contributed by atoms with Crippen molar-refractivity contribution in [1.82, 2.24) is 25.1 Å². The van der Waals surface area contributed by atoms with Gasteiger partial charge in [-0.25, -0.2) is 19.4 Å². The number of amides is 1. The highest BCUT2D eigenvalue weighted by Gasteiger charge is 2.16. The fourth-order valence-electron chi connectivity index (χ4n) is 3.38. The molecule has 1 aromatic carbocycles. The van der Waals surface area contributed by atoms with E-state index in [1.807, 2.05) is 6.26 Å². The van der Waals surface area contributed by atoms with Crippen molar-refractivity contribution in [3.63, 3.8) is 0 Å². The predicted molar refractivity (Wildman–Crippen MR) is 127 cm³/mol. The first-order valence-corrected chi connectivity index (χ1v) is 11.7. The number of anilines is 1. The number of hydrogen-bond acceptors (Lipinski definition) is 9. The van der Waals surface area contributed by atoms with Gasteiger partial charge in [-0.1, -0.05) is 30.8 Å². The number of nitrogens with one attached hydrogen (secondary N) is 2. The molecule has 172 valence electrons. The Labute approximate surface area is 193 Å². The Morgan fingerprint density at radius 1 is 1.27 bits per heavy atom. The number of carbonyl (C=O) groups is 1. The molecule has 2 N–H and O–H groups in total. The third-order valence-corrected chi connectivity index (χ3v) is 5.55. The lowest BCUT2D eigenvalue weighted by molar-refractivity contribution is 0.0948. The van der Waals surface area contributed by atoms with Gasteiger partial charge in [-0.15, -0.1) is 0 Å². The topological polar surface area (TPSA) is 124 Å². The van der Waals surface area contributed by atoms with E-state index in [4.69, 9.17) is 9.15 Å². The van der Waals surface area contributed by atoms with Crippen LogP contribution in [0, 0.1) is 0 Å². The lowest BCUT2D eigenvalue weighted by Crippen LogP contribution is -2.31. The van der Waals surface area contributed by atoms with Crippen molar-refractivity contribution in [2.45, 2.75) is 25.0 Å². The van der Waals surface area contributed by atoms with Crippen molar-refractivity contribution < 1.29 is 13.9 Å². The second kappa shape index (κ2) is 9.90. The van der Waals surface area contributed by atoms with Gasteiger partial charge in [-0.05, 0) is 24.8 Å². The number of rotatable bonds is 9. The summed E-state index contributed by atoms with van der Waals surface area (Å²) in [5.74, 6) is 0.655. The monoisotopic (exact) mass is 468 g/mol. The largest absolute Gasteiger partial charge is 0.493 e. The number of ether oxygens (including phenoxy) is 1. The van der Waals surface area contributed by atoms with Crippen LogP contribution in [0.1, 0.15) is 23.7 Å². The Hall–Kier alpha value is -3.60. The third kappa shape index (κ3) is 4.63. The zero-order valence-electron chi connectivity index (χ0n) is 18.5. The standard InChI is InChI=1S/C22H24N6O4S/c1-4-8-23-18-15-12-25-28(19(15)27-22(26-18)33-3)10-9-24-20(29)14-11-13-6-5-7-16(31-2)17(13)32-21(14)30/h5-7,11-12H,4,8-10H2,1-3H3,(H,24,29)(H,23,26,27). The van der Waals surface area contributed by atoms with Gasteiger partial charge in [-0.3, -0.25) is 4.79 Å². The van der Waals surface area contributed by atoms with Gasteiger partial charge >= 0.3 is 5.63 Å². The molecule has 11 heteroatoms. The van der Waals surface area contributed by atoms with Crippen molar-refractivity contribution >= 4 is 45.5 Å². The fourth-order valence-corrected chi connectivity index (χ4v) is 3.74. The van der Waals surface area contributed by atoms with Crippen LogP contribution in [0.15, 0.2) is 44.8 Å². The van der Waals surface area contributed by atoms with Gasteiger partial charge in [-0.2, -0.15) is 5.10 Å². The summed E-state index contributed by atoms with van der Waals surface area (Å²) in [7, 11) is 1.49. The number of thioether (sulfide) groups is 1. The van der Waals surface area contributed by atoms with Gasteiger partial charge in [0.1, 0.15) is 11.4 Å². The highest BCUT2D eigenvalue weighted by molar-refractivity contribution is 7.98. The van der Waals surface area contributed by atoms with Gasteiger partial charge in [0.2, 0.25) is 0 Å². The predicted octanol–water partition coefficient (Wildman–Crippen LogP) is 2.92. The molecule has 4 aromatic rings. The smallest absolute Gasteiger partial charge is 0.349 e. The summed E-state index contributed by atoms with van der Waals surface area (Å²) < 4.78 is 12.3. The van der Waals surface area contributed by atoms with Crippen molar-refractivity contribution in [3.05, 3.63) is 46.4 Å². The van der Waals surface area contributed by atoms with Gasteiger partial charge < -0.3 is 19.8 Å². The lowest BCUT2D eigenvalue weighted by Gasteiger charge is -2.09. The van der Waals surface area contributed by atoms with Crippen LogP contribution in [0.5, 0.6) is 5.75 Å². The molecule has 0 aliphatic rings. The molecule has 1 amide bonds. The van der Waals surface area contributed by atoms with Crippen LogP contribution < -0.4 is 21.0 Å². The molecule has 0 bridgehead atoms. The first kappa shape index (κ1) is 22.6. The van der Waals surface area contributed by atoms with Crippen molar-refractivity contribution in [2.75, 3.05) is 31.8 Å². The minimum atomic E-state index is -0.724. The third-order valence-electron chi connectivity index (χ3n) is 5.00. The maximum Gasteiger partial charge on any atom is 0.349 e. The molecule has 0 saturated carbocycles. The summed E-state index contributed by atoms with van der Waals surface area (Å²) in [4.78, 5) is 34.1. The average molecular weight is 469 g/mol. The normalized spacial score (nSPS) is 11.1. The molecule has 0 radical (unpaired) electrons. The molecule has 10 nitrogen and oxygen atoms in total. The molecule has 4 rings (SSSR count). The van der Waals surface area contributed by atoms with E-state index in [0.717, 1.165) is 24.2 Å². The van der Waals surface area contributed by atoms with Crippen LogP contribution in [0.2, 0.25) is 0 Å². The van der Waals surface area contributed by atoms with Crippen LogP contribution in [-0.2, 0) is 6.54 Å². The molecule has 33 heavy (non-hydrogen) atoms. The summed E-state index contributed by atoms with van der Waals surface area (Å²) in [6, 6.07) is 6.71. The molecular formula is C22H24N6O4S. The van der Waals surface area contributed by atoms with E-state index in [1.165, 1.54) is 24.9 Å². The lowest BCUT2D eigenvalue weighted by atomic mass is 10.1. The van der Waals surface area contributed by atoms with E-state index >= 15 is 0 Å². The first-order valence-electron chi connectivity index (χ1n) is 10.5. The number of methoxy groups -OCH3 is 1. The zero-order chi connectivity index (χ0) is 23.4. The number of hydrogen-bond donors (Lipinski definition) is 2. The minimum Gasteiger partial charge on any atom is -0.493 e. The number of carbonyl (C=O) groups excluding carboxylic acids is 1. The van der Waals surface area contributed by atoms with Crippen LogP contribution in [0.4, 0.5) is 5.82 Å². The van der Waals surface area contributed by atoms with E-state index < -0.39 is 11.5 Å². The number of fused-ring (bicyclic) bond motifs is 2. The molecule has 0 fully saturated rings. The van der Waals surface area contributed by atoms with Crippen LogP contribution in [0.25, 0.3) is 22.0 Å². The molecule has 0 spiro atoms. The fraction of sp³-hybridized carbons (Fsp3) is 0.318. The molecule has 0 aliphatic heterocycles. The van der Waals surface area contributed by atoms with Gasteiger partial charge in [0.25, 0.3) is 5.91 Å². The Kier molecular flexibility index (Phi) is 6.78. The van der Waals surface area contributed by atoms with Crippen molar-refractivity contribution in [2.24, 2.45) is 0 Å². The molecule has 3 heterocycles. The van der Waals surface area contributed by atoms with E-state index in [9.17, 15) is 9.59 Å². The molecule has 0 atom stereocenters. The van der Waals surface area contributed by atoms with E-state index in [1.54, 1.807) is 29.1 Å².